The van der Waals surface area contributed by atoms with Gasteiger partial charge in [0, 0.05) is 29.5 Å². The van der Waals surface area contributed by atoms with Crippen molar-refractivity contribution in [1.82, 2.24) is 10.3 Å². The third-order valence-electron chi connectivity index (χ3n) is 3.19. The quantitative estimate of drug-likeness (QED) is 0.911. The number of hydrogen-bond donors (Lipinski definition) is 1. The molecule has 1 atom stereocenters. The Labute approximate surface area is 114 Å². The number of aryl methyl sites for hydroxylation is 1. The average molecular weight is 268 g/mol. The number of thiazole rings is 1. The lowest BCUT2D eigenvalue weighted by Crippen LogP contribution is -2.35. The Hall–Kier alpha value is -0.450. The first-order chi connectivity index (χ1) is 8.49. The molecule has 1 saturated heterocycles. The lowest BCUT2D eigenvalue weighted by Gasteiger charge is -2.20. The van der Waals surface area contributed by atoms with Gasteiger partial charge >= 0.3 is 0 Å². The Balaban J connectivity index is 2.08. The van der Waals surface area contributed by atoms with Crippen molar-refractivity contribution in [2.75, 3.05) is 13.2 Å². The normalized spacial score (nSPS) is 20.6. The fourth-order valence-corrected chi connectivity index (χ4v) is 3.28. The minimum Gasteiger partial charge on any atom is -0.381 e. The van der Waals surface area contributed by atoms with Gasteiger partial charge < -0.3 is 10.1 Å². The fourth-order valence-electron chi connectivity index (χ4n) is 2.07. The SMILES string of the molecule is CCc1nc(C2CCOC2)sc1CNC(C)(C)C. The van der Waals surface area contributed by atoms with Crippen LogP contribution in [0.5, 0.6) is 0 Å². The molecule has 0 amide bonds. The molecule has 1 aromatic rings. The molecule has 0 spiro atoms. The van der Waals surface area contributed by atoms with Gasteiger partial charge in [-0.15, -0.1) is 11.3 Å². The van der Waals surface area contributed by atoms with Gasteiger partial charge in [-0.2, -0.15) is 0 Å². The van der Waals surface area contributed by atoms with Crippen LogP contribution < -0.4 is 5.32 Å². The standard InChI is InChI=1S/C14H24N2OS/c1-5-11-12(8-15-14(2,3)4)18-13(16-11)10-6-7-17-9-10/h10,15H,5-9H2,1-4H3. The van der Waals surface area contributed by atoms with E-state index in [9.17, 15) is 0 Å². The van der Waals surface area contributed by atoms with Gasteiger partial charge in [0.05, 0.1) is 17.3 Å². The lowest BCUT2D eigenvalue weighted by atomic mass is 10.1. The number of nitrogens with one attached hydrogen (secondary N) is 1. The van der Waals surface area contributed by atoms with Gasteiger partial charge in [0.15, 0.2) is 0 Å². The zero-order valence-corrected chi connectivity index (χ0v) is 12.7. The fraction of sp³-hybridized carbons (Fsp3) is 0.786. The van der Waals surface area contributed by atoms with E-state index in [1.807, 2.05) is 11.3 Å². The predicted octanol–water partition coefficient (Wildman–Crippen LogP) is 3.10. The Bertz CT molecular complexity index is 389. The summed E-state index contributed by atoms with van der Waals surface area (Å²) >= 11 is 1.87. The topological polar surface area (TPSA) is 34.1 Å². The zero-order valence-electron chi connectivity index (χ0n) is 11.9. The van der Waals surface area contributed by atoms with Crippen LogP contribution in [0.15, 0.2) is 0 Å². The van der Waals surface area contributed by atoms with E-state index in [1.54, 1.807) is 0 Å². The Morgan fingerprint density at radius 2 is 2.22 bits per heavy atom. The van der Waals surface area contributed by atoms with E-state index in [-0.39, 0.29) is 5.54 Å². The highest BCUT2D eigenvalue weighted by molar-refractivity contribution is 7.11. The van der Waals surface area contributed by atoms with Crippen LogP contribution >= 0.6 is 11.3 Å². The molecule has 2 heterocycles. The summed E-state index contributed by atoms with van der Waals surface area (Å²) in [5.41, 5.74) is 1.42. The van der Waals surface area contributed by atoms with Gasteiger partial charge in [0.2, 0.25) is 0 Å². The molecular weight excluding hydrogens is 244 g/mol. The number of rotatable bonds is 4. The van der Waals surface area contributed by atoms with E-state index in [0.29, 0.717) is 5.92 Å². The van der Waals surface area contributed by atoms with Gasteiger partial charge in [-0.3, -0.25) is 0 Å². The van der Waals surface area contributed by atoms with Crippen LogP contribution in [0.25, 0.3) is 0 Å². The highest BCUT2D eigenvalue weighted by atomic mass is 32.1. The summed E-state index contributed by atoms with van der Waals surface area (Å²) in [4.78, 5) is 6.21. The van der Waals surface area contributed by atoms with Crippen LogP contribution in [-0.4, -0.2) is 23.7 Å². The average Bonchev–Trinajstić information content (AvgIpc) is 2.94. The zero-order chi connectivity index (χ0) is 13.2. The van der Waals surface area contributed by atoms with E-state index in [1.165, 1.54) is 15.6 Å². The molecule has 102 valence electrons. The molecule has 1 aliphatic rings. The first kappa shape index (κ1) is 14.0. The van der Waals surface area contributed by atoms with Crippen LogP contribution in [0.2, 0.25) is 0 Å². The summed E-state index contributed by atoms with van der Waals surface area (Å²) in [6.07, 6.45) is 2.15. The highest BCUT2D eigenvalue weighted by Crippen LogP contribution is 2.31. The van der Waals surface area contributed by atoms with Crippen molar-refractivity contribution in [3.8, 4) is 0 Å². The largest absolute Gasteiger partial charge is 0.381 e. The molecule has 1 fully saturated rings. The Morgan fingerprint density at radius 1 is 1.44 bits per heavy atom. The van der Waals surface area contributed by atoms with Crippen molar-refractivity contribution in [3.63, 3.8) is 0 Å². The van der Waals surface area contributed by atoms with Gasteiger partial charge in [0.25, 0.3) is 0 Å². The van der Waals surface area contributed by atoms with Crippen molar-refractivity contribution >= 4 is 11.3 Å². The van der Waals surface area contributed by atoms with Gasteiger partial charge in [-0.05, 0) is 33.6 Å². The van der Waals surface area contributed by atoms with Crippen molar-refractivity contribution in [1.29, 1.82) is 0 Å². The third-order valence-corrected chi connectivity index (χ3v) is 4.45. The van der Waals surface area contributed by atoms with Crippen molar-refractivity contribution in [2.24, 2.45) is 0 Å². The number of ether oxygens (including phenoxy) is 1. The molecule has 1 unspecified atom stereocenters. The summed E-state index contributed by atoms with van der Waals surface area (Å²) in [7, 11) is 0. The minimum absolute atomic E-state index is 0.158. The van der Waals surface area contributed by atoms with Crippen LogP contribution in [-0.2, 0) is 17.7 Å². The van der Waals surface area contributed by atoms with Gasteiger partial charge in [-0.1, -0.05) is 6.92 Å². The Morgan fingerprint density at radius 3 is 2.78 bits per heavy atom. The van der Waals surface area contributed by atoms with Crippen molar-refractivity contribution < 1.29 is 4.74 Å². The third kappa shape index (κ3) is 3.53. The summed E-state index contributed by atoms with van der Waals surface area (Å²) in [6, 6.07) is 0. The van der Waals surface area contributed by atoms with Crippen molar-refractivity contribution in [3.05, 3.63) is 15.6 Å². The smallest absolute Gasteiger partial charge is 0.0986 e. The molecule has 3 nitrogen and oxygen atoms in total. The minimum atomic E-state index is 0.158. The van der Waals surface area contributed by atoms with Gasteiger partial charge in [0.1, 0.15) is 0 Å². The molecule has 18 heavy (non-hydrogen) atoms. The van der Waals surface area contributed by atoms with E-state index in [0.717, 1.165) is 32.6 Å². The lowest BCUT2D eigenvalue weighted by molar-refractivity contribution is 0.194. The molecule has 2 rings (SSSR count). The molecule has 1 aromatic heterocycles. The second-order valence-corrected chi connectivity index (χ2v) is 7.05. The monoisotopic (exact) mass is 268 g/mol. The van der Waals surface area contributed by atoms with E-state index < -0.39 is 0 Å². The highest BCUT2D eigenvalue weighted by Gasteiger charge is 2.23. The number of aromatic nitrogens is 1. The second-order valence-electron chi connectivity index (χ2n) is 5.94. The van der Waals surface area contributed by atoms with E-state index >= 15 is 0 Å². The van der Waals surface area contributed by atoms with Crippen LogP contribution in [0.3, 0.4) is 0 Å². The summed E-state index contributed by atoms with van der Waals surface area (Å²) in [5.74, 6) is 0.531. The maximum atomic E-state index is 5.46. The molecule has 1 N–H and O–H groups in total. The molecule has 0 bridgehead atoms. The molecule has 0 radical (unpaired) electrons. The van der Waals surface area contributed by atoms with E-state index in [4.69, 9.17) is 9.72 Å². The summed E-state index contributed by atoms with van der Waals surface area (Å²) < 4.78 is 5.46. The second kappa shape index (κ2) is 5.68. The first-order valence-electron chi connectivity index (χ1n) is 6.81. The first-order valence-corrected chi connectivity index (χ1v) is 7.62. The summed E-state index contributed by atoms with van der Waals surface area (Å²) in [6.45, 7) is 11.5. The molecule has 1 aliphatic heterocycles. The van der Waals surface area contributed by atoms with Gasteiger partial charge in [-0.25, -0.2) is 4.98 Å². The van der Waals surface area contributed by atoms with Crippen LogP contribution in [0.4, 0.5) is 0 Å². The van der Waals surface area contributed by atoms with E-state index in [2.05, 4.69) is 33.0 Å². The van der Waals surface area contributed by atoms with Crippen LogP contribution in [0.1, 0.15) is 55.6 Å². The van der Waals surface area contributed by atoms with Crippen molar-refractivity contribution in [2.45, 2.75) is 58.5 Å². The molecule has 0 saturated carbocycles. The number of nitrogens with zero attached hydrogens (tertiary/aromatic N) is 1. The maximum absolute atomic E-state index is 5.46. The molecule has 4 heteroatoms. The number of hydrogen-bond acceptors (Lipinski definition) is 4. The molecular formula is C14H24N2OS. The maximum Gasteiger partial charge on any atom is 0.0986 e. The molecule has 0 aliphatic carbocycles. The Kier molecular flexibility index (Phi) is 4.41. The van der Waals surface area contributed by atoms with Crippen LogP contribution in [0, 0.1) is 0 Å². The predicted molar refractivity (Wildman–Crippen MR) is 76.3 cm³/mol. The molecule has 0 aromatic carbocycles. The summed E-state index contributed by atoms with van der Waals surface area (Å²) in [5, 5.41) is 4.83.